The van der Waals surface area contributed by atoms with Crippen molar-refractivity contribution in [3.05, 3.63) is 24.0 Å². The van der Waals surface area contributed by atoms with E-state index in [9.17, 15) is 9.59 Å². The van der Waals surface area contributed by atoms with Crippen LogP contribution in [0, 0.1) is 5.92 Å². The van der Waals surface area contributed by atoms with E-state index in [-0.39, 0.29) is 17.6 Å². The zero-order valence-electron chi connectivity index (χ0n) is 15.3. The smallest absolute Gasteiger partial charge is 0.291 e. The Labute approximate surface area is 156 Å². The number of nitrogens with zero attached hydrogens (tertiary/aromatic N) is 7. The number of piperazine rings is 1. The number of carbonyl (C=O) groups excluding carboxylic acids is 2. The van der Waals surface area contributed by atoms with Crippen LogP contribution < -0.4 is 0 Å². The van der Waals surface area contributed by atoms with Crippen molar-refractivity contribution in [1.82, 2.24) is 40.0 Å². The minimum absolute atomic E-state index is 0.128. The Hall–Kier alpha value is -2.78. The third-order valence-corrected chi connectivity index (χ3v) is 5.40. The maximum Gasteiger partial charge on any atom is 0.291 e. The summed E-state index contributed by atoms with van der Waals surface area (Å²) in [6.07, 6.45) is 9.40. The van der Waals surface area contributed by atoms with Crippen LogP contribution in [0.1, 0.15) is 53.2 Å². The van der Waals surface area contributed by atoms with Crippen LogP contribution in [-0.4, -0.2) is 78.0 Å². The Kier molecular flexibility index (Phi) is 5.12. The van der Waals surface area contributed by atoms with E-state index in [0.29, 0.717) is 37.8 Å². The predicted octanol–water partition coefficient (Wildman–Crippen LogP) is 0.575. The van der Waals surface area contributed by atoms with Gasteiger partial charge >= 0.3 is 0 Å². The first-order valence-corrected chi connectivity index (χ1v) is 9.55. The van der Waals surface area contributed by atoms with Gasteiger partial charge in [-0.05, 0) is 18.8 Å². The van der Waals surface area contributed by atoms with E-state index >= 15 is 0 Å². The summed E-state index contributed by atoms with van der Waals surface area (Å²) in [5.41, 5.74) is 0.376. The molecule has 0 aromatic carbocycles. The molecule has 1 N–H and O–H groups in total. The molecule has 2 aromatic heterocycles. The molecule has 2 aromatic rings. The highest BCUT2D eigenvalue weighted by Crippen LogP contribution is 2.24. The first-order chi connectivity index (χ1) is 13.2. The van der Waals surface area contributed by atoms with E-state index in [2.05, 4.69) is 25.5 Å². The highest BCUT2D eigenvalue weighted by Gasteiger charge is 2.28. The Morgan fingerprint density at radius 1 is 1.04 bits per heavy atom. The normalized spacial score (nSPS) is 18.7. The molecule has 0 spiro atoms. The van der Waals surface area contributed by atoms with E-state index < -0.39 is 0 Å². The molecule has 0 unspecified atom stereocenters. The lowest BCUT2D eigenvalue weighted by molar-refractivity contribution is 0.0526. The lowest BCUT2D eigenvalue weighted by Crippen LogP contribution is -2.50. The first kappa shape index (κ1) is 17.6. The zero-order valence-corrected chi connectivity index (χ0v) is 15.3. The van der Waals surface area contributed by atoms with Crippen LogP contribution in [-0.2, 0) is 6.54 Å². The number of H-pyrrole nitrogens is 1. The Morgan fingerprint density at radius 3 is 2.41 bits per heavy atom. The third-order valence-electron chi connectivity index (χ3n) is 5.40. The van der Waals surface area contributed by atoms with Crippen LogP contribution in [0.4, 0.5) is 0 Å². The van der Waals surface area contributed by atoms with E-state index in [4.69, 9.17) is 0 Å². The van der Waals surface area contributed by atoms with E-state index in [1.54, 1.807) is 20.7 Å². The van der Waals surface area contributed by atoms with Crippen molar-refractivity contribution in [1.29, 1.82) is 0 Å². The molecule has 0 atom stereocenters. The molecular weight excluding hydrogens is 348 g/mol. The molecule has 1 saturated heterocycles. The number of rotatable bonds is 4. The molecule has 1 aliphatic carbocycles. The highest BCUT2D eigenvalue weighted by molar-refractivity contribution is 5.93. The minimum atomic E-state index is -0.196. The largest absolute Gasteiger partial charge is 0.334 e. The highest BCUT2D eigenvalue weighted by atomic mass is 16.2. The van der Waals surface area contributed by atoms with Gasteiger partial charge in [0.15, 0.2) is 5.69 Å². The predicted molar refractivity (Wildman–Crippen MR) is 94.8 cm³/mol. The van der Waals surface area contributed by atoms with Crippen LogP contribution in [0.2, 0.25) is 0 Å². The summed E-state index contributed by atoms with van der Waals surface area (Å²) in [6, 6.07) is 0. The van der Waals surface area contributed by atoms with E-state index in [1.165, 1.54) is 38.4 Å². The molecule has 1 aliphatic heterocycles. The fourth-order valence-corrected chi connectivity index (χ4v) is 3.85. The maximum absolute atomic E-state index is 12.7. The number of nitrogens with one attached hydrogen (secondary N) is 1. The molecule has 2 fully saturated rings. The van der Waals surface area contributed by atoms with Gasteiger partial charge in [0.25, 0.3) is 11.8 Å². The number of aromatic nitrogens is 6. The molecule has 10 heteroatoms. The van der Waals surface area contributed by atoms with Gasteiger partial charge in [-0.3, -0.25) is 19.4 Å². The van der Waals surface area contributed by atoms with Crippen LogP contribution >= 0.6 is 0 Å². The lowest BCUT2D eigenvalue weighted by atomic mass is 9.89. The van der Waals surface area contributed by atoms with E-state index in [1.807, 2.05) is 0 Å². The fraction of sp³-hybridized carbons (Fsp3) is 0.647. The molecular formula is C17H24N8O2. The van der Waals surface area contributed by atoms with Crippen LogP contribution in [0.25, 0.3) is 0 Å². The Morgan fingerprint density at radius 2 is 1.74 bits per heavy atom. The summed E-state index contributed by atoms with van der Waals surface area (Å²) in [4.78, 5) is 32.2. The molecule has 2 aliphatic rings. The summed E-state index contributed by atoms with van der Waals surface area (Å²) in [7, 11) is 0. The first-order valence-electron chi connectivity index (χ1n) is 9.55. The topological polar surface area (TPSA) is 113 Å². The molecule has 10 nitrogen and oxygen atoms in total. The van der Waals surface area contributed by atoms with Gasteiger partial charge in [-0.15, -0.1) is 5.10 Å². The molecule has 2 amide bonds. The Balaban J connectivity index is 1.31. The molecule has 0 radical (unpaired) electrons. The molecule has 1 saturated carbocycles. The second-order valence-electron chi connectivity index (χ2n) is 7.25. The van der Waals surface area contributed by atoms with Crippen molar-refractivity contribution in [2.24, 2.45) is 5.92 Å². The van der Waals surface area contributed by atoms with Crippen LogP contribution in [0.15, 0.2) is 12.5 Å². The molecule has 27 heavy (non-hydrogen) atoms. The van der Waals surface area contributed by atoms with Crippen molar-refractivity contribution in [2.75, 3.05) is 26.2 Å². The van der Waals surface area contributed by atoms with Gasteiger partial charge in [-0.1, -0.05) is 24.5 Å². The molecule has 4 rings (SSSR count). The number of aromatic amines is 1. The van der Waals surface area contributed by atoms with Crippen molar-refractivity contribution in [2.45, 2.75) is 38.6 Å². The molecule has 144 valence electrons. The zero-order chi connectivity index (χ0) is 18.6. The quantitative estimate of drug-likeness (QED) is 0.840. The monoisotopic (exact) mass is 372 g/mol. The lowest BCUT2D eigenvalue weighted by Gasteiger charge is -2.33. The number of hydrogen-bond acceptors (Lipinski definition) is 6. The SMILES string of the molecule is O=C(c1cn(CC2CCCCC2)nn1)N1CCN(C(=O)c2ncn[nH]2)CC1. The average Bonchev–Trinajstić information content (AvgIpc) is 3.40. The number of hydrogen-bond donors (Lipinski definition) is 1. The van der Waals surface area contributed by atoms with Gasteiger partial charge < -0.3 is 9.80 Å². The molecule has 0 bridgehead atoms. The second kappa shape index (κ2) is 7.85. The van der Waals surface area contributed by atoms with Crippen molar-refractivity contribution in [3.8, 4) is 0 Å². The summed E-state index contributed by atoms with van der Waals surface area (Å²) < 4.78 is 1.80. The van der Waals surface area contributed by atoms with Gasteiger partial charge in [0, 0.05) is 32.7 Å². The summed E-state index contributed by atoms with van der Waals surface area (Å²) in [6.45, 7) is 2.69. The summed E-state index contributed by atoms with van der Waals surface area (Å²) in [5, 5.41) is 14.5. The maximum atomic E-state index is 12.7. The van der Waals surface area contributed by atoms with Crippen molar-refractivity contribution in [3.63, 3.8) is 0 Å². The van der Waals surface area contributed by atoms with Crippen LogP contribution in [0.5, 0.6) is 0 Å². The Bertz CT molecular complexity index is 773. The average molecular weight is 372 g/mol. The third kappa shape index (κ3) is 3.99. The van der Waals surface area contributed by atoms with Crippen molar-refractivity contribution >= 4 is 11.8 Å². The van der Waals surface area contributed by atoms with Gasteiger partial charge in [-0.25, -0.2) is 4.98 Å². The van der Waals surface area contributed by atoms with Crippen molar-refractivity contribution < 1.29 is 9.59 Å². The standard InChI is InChI=1S/C17H24N8O2/c26-16(14-11-25(22-20-14)10-13-4-2-1-3-5-13)23-6-8-24(9-7-23)17(27)15-18-12-19-21-15/h11-13H,1-10H2,(H,18,19,21). The minimum Gasteiger partial charge on any atom is -0.334 e. The number of amides is 2. The summed E-state index contributed by atoms with van der Waals surface area (Å²) >= 11 is 0. The van der Waals surface area contributed by atoms with E-state index in [0.717, 1.165) is 6.54 Å². The van der Waals surface area contributed by atoms with Gasteiger partial charge in [-0.2, -0.15) is 5.10 Å². The van der Waals surface area contributed by atoms with Gasteiger partial charge in [0.05, 0.1) is 6.20 Å². The van der Waals surface area contributed by atoms with Gasteiger partial charge in [0.1, 0.15) is 6.33 Å². The van der Waals surface area contributed by atoms with Gasteiger partial charge in [0.2, 0.25) is 5.82 Å². The van der Waals surface area contributed by atoms with Crippen LogP contribution in [0.3, 0.4) is 0 Å². The summed E-state index contributed by atoms with van der Waals surface area (Å²) in [5.74, 6) is 0.532. The second-order valence-corrected chi connectivity index (χ2v) is 7.25. The number of carbonyl (C=O) groups is 2. The molecule has 3 heterocycles. The fourth-order valence-electron chi connectivity index (χ4n) is 3.85.